The molecule has 0 aromatic rings. The fourth-order valence-electron chi connectivity index (χ4n) is 3.87. The van der Waals surface area contributed by atoms with Crippen molar-refractivity contribution in [2.45, 2.75) is 132 Å². The molecule has 3 atom stereocenters. The molecule has 0 fully saturated rings. The van der Waals surface area contributed by atoms with Crippen molar-refractivity contribution in [2.24, 2.45) is 17.8 Å². The van der Waals surface area contributed by atoms with E-state index in [0.717, 1.165) is 25.3 Å². The monoisotopic (exact) mass is 398 g/mol. The van der Waals surface area contributed by atoms with E-state index >= 15 is 0 Å². The Morgan fingerprint density at radius 1 is 0.893 bits per heavy atom. The Bertz CT molecular complexity index is 394. The van der Waals surface area contributed by atoms with E-state index in [0.29, 0.717) is 17.9 Å². The predicted molar refractivity (Wildman–Crippen MR) is 126 cm³/mol. The molecule has 0 heterocycles. The van der Waals surface area contributed by atoms with E-state index in [9.17, 15) is 0 Å². The third-order valence-corrected chi connectivity index (χ3v) is 5.88. The summed E-state index contributed by atoms with van der Waals surface area (Å²) in [6.45, 7) is 26.5. The van der Waals surface area contributed by atoms with Gasteiger partial charge in [-0.1, -0.05) is 61.3 Å². The van der Waals surface area contributed by atoms with E-state index in [4.69, 9.17) is 0 Å². The minimum absolute atomic E-state index is 0.0504. The minimum atomic E-state index is -0.141. The molecule has 0 aliphatic carbocycles. The summed E-state index contributed by atoms with van der Waals surface area (Å²) in [6.07, 6.45) is 7.09. The van der Waals surface area contributed by atoms with E-state index in [-0.39, 0.29) is 11.2 Å². The molecule has 170 valence electrons. The van der Waals surface area contributed by atoms with Gasteiger partial charge in [0, 0.05) is 11.6 Å². The molecule has 0 aliphatic heterocycles. The van der Waals surface area contributed by atoms with Crippen molar-refractivity contribution in [1.29, 1.82) is 0 Å². The molecule has 0 bridgehead atoms. The fourth-order valence-corrected chi connectivity index (χ4v) is 3.87. The van der Waals surface area contributed by atoms with Crippen LogP contribution in [0.3, 0.4) is 0 Å². The molecule has 0 saturated heterocycles. The first-order chi connectivity index (χ1) is 12.9. The van der Waals surface area contributed by atoms with Crippen LogP contribution in [0.25, 0.3) is 0 Å². The van der Waals surface area contributed by atoms with Crippen molar-refractivity contribution in [3.8, 4) is 0 Å². The maximum atomic E-state index is 3.91. The van der Waals surface area contributed by atoms with Crippen LogP contribution in [0.4, 0.5) is 0 Å². The first-order valence-electron chi connectivity index (χ1n) is 12.0. The Balaban J connectivity index is 5.51. The van der Waals surface area contributed by atoms with E-state index in [2.05, 4.69) is 97.4 Å². The lowest BCUT2D eigenvalue weighted by atomic mass is 9.96. The van der Waals surface area contributed by atoms with Gasteiger partial charge in [-0.15, -0.1) is 0 Å². The molecule has 0 aliphatic rings. The minimum Gasteiger partial charge on any atom is -0.297 e. The van der Waals surface area contributed by atoms with Gasteiger partial charge in [0.25, 0.3) is 0 Å². The molecular formula is C24H54N4. The molecule has 0 aromatic heterocycles. The molecule has 0 radical (unpaired) electrons. The number of hydrazine groups is 2. The van der Waals surface area contributed by atoms with Crippen LogP contribution >= 0.6 is 0 Å². The molecule has 4 heteroatoms. The van der Waals surface area contributed by atoms with E-state index in [1.165, 1.54) is 25.7 Å². The number of rotatable bonds is 16. The highest BCUT2D eigenvalue weighted by Gasteiger charge is 2.36. The Kier molecular flexibility index (Phi) is 13.1. The van der Waals surface area contributed by atoms with Gasteiger partial charge in [-0.05, 0) is 77.7 Å². The quantitative estimate of drug-likeness (QED) is 0.167. The lowest BCUT2D eigenvalue weighted by Gasteiger charge is -2.48. The zero-order valence-electron chi connectivity index (χ0n) is 21.2. The second-order valence-electron chi connectivity index (χ2n) is 10.7. The molecule has 0 rings (SSSR count). The molecule has 0 aromatic carbocycles. The zero-order valence-corrected chi connectivity index (χ0v) is 21.2. The van der Waals surface area contributed by atoms with Gasteiger partial charge in [0.2, 0.25) is 0 Å². The molecule has 3 unspecified atom stereocenters. The van der Waals surface area contributed by atoms with Crippen molar-refractivity contribution < 1.29 is 0 Å². The summed E-state index contributed by atoms with van der Waals surface area (Å²) in [5, 5.41) is 6.24. The zero-order chi connectivity index (χ0) is 22.0. The lowest BCUT2D eigenvalue weighted by Crippen LogP contribution is -2.72. The summed E-state index contributed by atoms with van der Waals surface area (Å²) >= 11 is 0. The standard InChI is InChI=1S/C24H54N4/c1-12-16-23(9,10)27-28(26-22(8)21(7)13-2)24(11,18-20(5)6)25-17-14-15-19(3)4/h19-22,25-27H,12-18H2,1-11H3. The summed E-state index contributed by atoms with van der Waals surface area (Å²) < 4.78 is 0. The number of hydrogen-bond donors (Lipinski definition) is 3. The van der Waals surface area contributed by atoms with Crippen LogP contribution in [0.1, 0.15) is 115 Å². The van der Waals surface area contributed by atoms with Crippen LogP contribution in [-0.2, 0) is 0 Å². The largest absolute Gasteiger partial charge is 0.297 e. The number of nitrogens with one attached hydrogen (secondary N) is 3. The van der Waals surface area contributed by atoms with E-state index in [1.54, 1.807) is 0 Å². The molecule has 3 N–H and O–H groups in total. The summed E-state index contributed by atoms with van der Waals surface area (Å²) in [5.74, 6) is 2.00. The Morgan fingerprint density at radius 3 is 1.96 bits per heavy atom. The normalized spacial score (nSPS) is 17.4. The van der Waals surface area contributed by atoms with Gasteiger partial charge in [-0.2, -0.15) is 5.12 Å². The van der Waals surface area contributed by atoms with Crippen LogP contribution in [0.15, 0.2) is 0 Å². The SMILES string of the molecule is CCCC(C)(C)NN(NC(C)C(C)CC)C(C)(CC(C)C)NCCCC(C)C. The highest BCUT2D eigenvalue weighted by molar-refractivity contribution is 4.86. The second kappa shape index (κ2) is 13.2. The Morgan fingerprint density at radius 2 is 1.50 bits per heavy atom. The topological polar surface area (TPSA) is 39.3 Å². The third kappa shape index (κ3) is 11.1. The van der Waals surface area contributed by atoms with Crippen molar-refractivity contribution in [1.82, 2.24) is 21.3 Å². The second-order valence-corrected chi connectivity index (χ2v) is 10.7. The average Bonchev–Trinajstić information content (AvgIpc) is 2.56. The Labute approximate surface area is 177 Å². The molecule has 0 spiro atoms. The summed E-state index contributed by atoms with van der Waals surface area (Å²) in [6, 6.07) is 0.416. The summed E-state index contributed by atoms with van der Waals surface area (Å²) in [5.41, 5.74) is 7.61. The van der Waals surface area contributed by atoms with Gasteiger partial charge < -0.3 is 0 Å². The first kappa shape index (κ1) is 27.8. The van der Waals surface area contributed by atoms with Crippen LogP contribution in [0.2, 0.25) is 0 Å². The van der Waals surface area contributed by atoms with E-state index < -0.39 is 0 Å². The Hall–Kier alpha value is -0.160. The fraction of sp³-hybridized carbons (Fsp3) is 1.00. The van der Waals surface area contributed by atoms with Crippen LogP contribution in [-0.4, -0.2) is 28.9 Å². The third-order valence-electron chi connectivity index (χ3n) is 5.88. The highest BCUT2D eigenvalue weighted by Crippen LogP contribution is 2.23. The molecule has 0 saturated carbocycles. The van der Waals surface area contributed by atoms with Crippen LogP contribution in [0.5, 0.6) is 0 Å². The van der Waals surface area contributed by atoms with Gasteiger partial charge in [0.05, 0.1) is 5.66 Å². The van der Waals surface area contributed by atoms with Gasteiger partial charge in [0.15, 0.2) is 0 Å². The average molecular weight is 399 g/mol. The highest BCUT2D eigenvalue weighted by atomic mass is 15.8. The van der Waals surface area contributed by atoms with Crippen molar-refractivity contribution >= 4 is 0 Å². The smallest absolute Gasteiger partial charge is 0.0975 e. The molecule has 4 nitrogen and oxygen atoms in total. The summed E-state index contributed by atoms with van der Waals surface area (Å²) in [4.78, 5) is 0. The number of nitrogens with zero attached hydrogens (tertiary/aromatic N) is 1. The maximum absolute atomic E-state index is 3.91. The van der Waals surface area contributed by atoms with Crippen molar-refractivity contribution in [2.75, 3.05) is 6.54 Å². The van der Waals surface area contributed by atoms with Crippen molar-refractivity contribution in [3.05, 3.63) is 0 Å². The molecule has 0 amide bonds. The van der Waals surface area contributed by atoms with Gasteiger partial charge in [0.1, 0.15) is 0 Å². The van der Waals surface area contributed by atoms with E-state index in [1.807, 2.05) is 0 Å². The lowest BCUT2D eigenvalue weighted by molar-refractivity contribution is -0.0825. The number of hydrogen-bond acceptors (Lipinski definition) is 4. The van der Waals surface area contributed by atoms with Crippen molar-refractivity contribution in [3.63, 3.8) is 0 Å². The molecule has 28 heavy (non-hydrogen) atoms. The van der Waals surface area contributed by atoms with Crippen LogP contribution < -0.4 is 16.2 Å². The van der Waals surface area contributed by atoms with Gasteiger partial charge >= 0.3 is 0 Å². The predicted octanol–water partition coefficient (Wildman–Crippen LogP) is 6.10. The van der Waals surface area contributed by atoms with Gasteiger partial charge in [-0.3, -0.25) is 5.32 Å². The summed E-state index contributed by atoms with van der Waals surface area (Å²) in [7, 11) is 0. The van der Waals surface area contributed by atoms with Crippen LogP contribution in [0, 0.1) is 17.8 Å². The van der Waals surface area contributed by atoms with Gasteiger partial charge in [-0.25, -0.2) is 10.9 Å². The maximum Gasteiger partial charge on any atom is 0.0975 e. The molecular weight excluding hydrogens is 344 g/mol. The first-order valence-corrected chi connectivity index (χ1v) is 12.0.